The van der Waals surface area contributed by atoms with Crippen LogP contribution in [0.4, 0.5) is 0 Å². The summed E-state index contributed by atoms with van der Waals surface area (Å²) in [4.78, 5) is 20.2. The lowest BCUT2D eigenvalue weighted by Gasteiger charge is -2.21. The Balaban J connectivity index is 1.45. The molecule has 5 nitrogen and oxygen atoms in total. The molecule has 6 heteroatoms. The number of benzene rings is 1. The molecule has 1 aliphatic rings. The number of pyridine rings is 1. The van der Waals surface area contributed by atoms with E-state index in [1.807, 2.05) is 66.1 Å². The van der Waals surface area contributed by atoms with Gasteiger partial charge in [0.05, 0.1) is 25.5 Å². The summed E-state index contributed by atoms with van der Waals surface area (Å²) in [5.41, 5.74) is 1.88. The van der Waals surface area contributed by atoms with Crippen molar-refractivity contribution in [3.05, 3.63) is 88.4 Å². The third-order valence-electron chi connectivity index (χ3n) is 5.11. The molecule has 2 aromatic heterocycles. The normalized spacial score (nSPS) is 15.9. The summed E-state index contributed by atoms with van der Waals surface area (Å²) in [6, 6.07) is 17.7. The van der Waals surface area contributed by atoms with Crippen LogP contribution in [0.1, 0.15) is 22.6 Å². The summed E-state index contributed by atoms with van der Waals surface area (Å²) in [6.07, 6.45) is 6.29. The maximum absolute atomic E-state index is 13.0. The van der Waals surface area contributed by atoms with Crippen molar-refractivity contribution in [1.29, 1.82) is 0 Å². The van der Waals surface area contributed by atoms with Gasteiger partial charge in [0.2, 0.25) is 5.91 Å². The zero-order chi connectivity index (χ0) is 21.3. The average molecular weight is 435 g/mol. The van der Waals surface area contributed by atoms with E-state index in [4.69, 9.17) is 9.47 Å². The van der Waals surface area contributed by atoms with E-state index in [0.717, 1.165) is 41.5 Å². The van der Waals surface area contributed by atoms with Gasteiger partial charge in [0.15, 0.2) is 0 Å². The SMILES string of the molecule is O=C(C=Cc1cccs1)N(Cc1cccc(OCC2CCOC2)c1)Cc1ccccn1. The minimum absolute atomic E-state index is 0.0477. The van der Waals surface area contributed by atoms with E-state index in [-0.39, 0.29) is 5.91 Å². The molecule has 1 saturated heterocycles. The Kier molecular flexibility index (Phi) is 7.47. The van der Waals surface area contributed by atoms with Crippen LogP contribution in [0.3, 0.4) is 0 Å². The molecule has 1 aliphatic heterocycles. The number of aromatic nitrogens is 1. The lowest BCUT2D eigenvalue weighted by Crippen LogP contribution is -2.28. The number of thiophene rings is 1. The van der Waals surface area contributed by atoms with Crippen LogP contribution >= 0.6 is 11.3 Å². The van der Waals surface area contributed by atoms with Crippen molar-refractivity contribution in [2.45, 2.75) is 19.5 Å². The van der Waals surface area contributed by atoms with Crippen LogP contribution in [-0.2, 0) is 22.6 Å². The lowest BCUT2D eigenvalue weighted by molar-refractivity contribution is -0.127. The second-order valence-electron chi connectivity index (χ2n) is 7.55. The molecule has 0 N–H and O–H groups in total. The molecule has 1 unspecified atom stereocenters. The Bertz CT molecular complexity index is 983. The smallest absolute Gasteiger partial charge is 0.247 e. The molecule has 3 heterocycles. The first-order valence-corrected chi connectivity index (χ1v) is 11.3. The van der Waals surface area contributed by atoms with E-state index in [9.17, 15) is 4.79 Å². The van der Waals surface area contributed by atoms with Crippen LogP contribution in [0.15, 0.2) is 72.3 Å². The van der Waals surface area contributed by atoms with E-state index in [2.05, 4.69) is 4.98 Å². The van der Waals surface area contributed by atoms with Crippen molar-refractivity contribution in [3.8, 4) is 5.75 Å². The number of rotatable bonds is 9. The second-order valence-corrected chi connectivity index (χ2v) is 8.53. The molecular formula is C25H26N2O3S. The van der Waals surface area contributed by atoms with Gasteiger partial charge < -0.3 is 14.4 Å². The molecule has 1 fully saturated rings. The Labute approximate surface area is 187 Å². The van der Waals surface area contributed by atoms with E-state index < -0.39 is 0 Å². The summed E-state index contributed by atoms with van der Waals surface area (Å²) in [5, 5.41) is 2.00. The molecule has 31 heavy (non-hydrogen) atoms. The van der Waals surface area contributed by atoms with Crippen molar-refractivity contribution in [3.63, 3.8) is 0 Å². The third kappa shape index (κ3) is 6.51. The predicted molar refractivity (Wildman–Crippen MR) is 123 cm³/mol. The Hall–Kier alpha value is -2.96. The molecule has 0 radical (unpaired) electrons. The molecule has 0 spiro atoms. The number of ether oxygens (including phenoxy) is 2. The van der Waals surface area contributed by atoms with E-state index in [0.29, 0.717) is 25.6 Å². The number of nitrogens with zero attached hydrogens (tertiary/aromatic N) is 2. The van der Waals surface area contributed by atoms with Crippen LogP contribution in [0.2, 0.25) is 0 Å². The highest BCUT2D eigenvalue weighted by molar-refractivity contribution is 7.10. The fraction of sp³-hybridized carbons (Fsp3) is 0.280. The largest absolute Gasteiger partial charge is 0.493 e. The predicted octanol–water partition coefficient (Wildman–Crippen LogP) is 4.80. The summed E-state index contributed by atoms with van der Waals surface area (Å²) in [5.74, 6) is 1.23. The quantitative estimate of drug-likeness (QED) is 0.454. The number of hydrogen-bond acceptors (Lipinski definition) is 5. The van der Waals surface area contributed by atoms with Crippen LogP contribution in [0.25, 0.3) is 6.08 Å². The monoisotopic (exact) mass is 434 g/mol. The van der Waals surface area contributed by atoms with E-state index in [1.54, 1.807) is 28.5 Å². The number of carbonyl (C=O) groups excluding carboxylic acids is 1. The zero-order valence-corrected chi connectivity index (χ0v) is 18.2. The van der Waals surface area contributed by atoms with Gasteiger partial charge in [-0.05, 0) is 53.8 Å². The van der Waals surface area contributed by atoms with Gasteiger partial charge in [-0.25, -0.2) is 0 Å². The first kappa shape index (κ1) is 21.3. The topological polar surface area (TPSA) is 51.7 Å². The summed E-state index contributed by atoms with van der Waals surface area (Å²) in [7, 11) is 0. The van der Waals surface area contributed by atoms with Gasteiger partial charge in [-0.2, -0.15) is 0 Å². The van der Waals surface area contributed by atoms with Crippen molar-refractivity contribution in [1.82, 2.24) is 9.88 Å². The average Bonchev–Trinajstić information content (AvgIpc) is 3.51. The Morgan fingerprint density at radius 3 is 2.94 bits per heavy atom. The first-order chi connectivity index (χ1) is 15.3. The van der Waals surface area contributed by atoms with Gasteiger partial charge >= 0.3 is 0 Å². The summed E-state index contributed by atoms with van der Waals surface area (Å²) in [6.45, 7) is 3.16. The molecule has 160 valence electrons. The van der Waals surface area contributed by atoms with E-state index in [1.165, 1.54) is 0 Å². The zero-order valence-electron chi connectivity index (χ0n) is 17.4. The van der Waals surface area contributed by atoms with Crippen molar-refractivity contribution in [2.75, 3.05) is 19.8 Å². The van der Waals surface area contributed by atoms with Gasteiger partial charge in [-0.1, -0.05) is 24.3 Å². The highest BCUT2D eigenvalue weighted by Crippen LogP contribution is 2.20. The van der Waals surface area contributed by atoms with Crippen LogP contribution in [-0.4, -0.2) is 35.6 Å². The molecule has 0 saturated carbocycles. The molecular weight excluding hydrogens is 408 g/mol. The number of hydrogen-bond donors (Lipinski definition) is 0. The van der Waals surface area contributed by atoms with Crippen molar-refractivity contribution < 1.29 is 14.3 Å². The van der Waals surface area contributed by atoms with Crippen LogP contribution < -0.4 is 4.74 Å². The Morgan fingerprint density at radius 2 is 2.16 bits per heavy atom. The highest BCUT2D eigenvalue weighted by Gasteiger charge is 2.17. The third-order valence-corrected chi connectivity index (χ3v) is 5.94. The van der Waals surface area contributed by atoms with Crippen molar-refractivity contribution in [2.24, 2.45) is 5.92 Å². The molecule has 1 amide bonds. The van der Waals surface area contributed by atoms with Gasteiger partial charge in [0.1, 0.15) is 5.75 Å². The molecule has 4 rings (SSSR count). The number of amides is 1. The van der Waals surface area contributed by atoms with Crippen LogP contribution in [0.5, 0.6) is 5.75 Å². The molecule has 0 bridgehead atoms. The maximum Gasteiger partial charge on any atom is 0.247 e. The summed E-state index contributed by atoms with van der Waals surface area (Å²) < 4.78 is 11.4. The minimum Gasteiger partial charge on any atom is -0.493 e. The minimum atomic E-state index is -0.0477. The van der Waals surface area contributed by atoms with Gasteiger partial charge in [0, 0.05) is 36.2 Å². The van der Waals surface area contributed by atoms with Gasteiger partial charge in [0.25, 0.3) is 0 Å². The Morgan fingerprint density at radius 1 is 1.19 bits per heavy atom. The highest BCUT2D eigenvalue weighted by atomic mass is 32.1. The lowest BCUT2D eigenvalue weighted by atomic mass is 10.1. The molecule has 1 atom stereocenters. The number of carbonyl (C=O) groups is 1. The second kappa shape index (κ2) is 10.9. The summed E-state index contributed by atoms with van der Waals surface area (Å²) >= 11 is 1.61. The molecule has 0 aliphatic carbocycles. The fourth-order valence-corrected chi connectivity index (χ4v) is 4.04. The van der Waals surface area contributed by atoms with Crippen molar-refractivity contribution >= 4 is 23.3 Å². The first-order valence-electron chi connectivity index (χ1n) is 10.5. The fourth-order valence-electron chi connectivity index (χ4n) is 3.43. The standard InChI is InChI=1S/C25H26N2O3S/c28-25(10-9-24-8-4-14-31-24)27(17-22-6-1-2-12-26-22)16-20-5-3-7-23(15-20)30-19-21-11-13-29-18-21/h1-10,12,14-15,21H,11,13,16-19H2. The van der Waals surface area contributed by atoms with E-state index >= 15 is 0 Å². The van der Waals surface area contributed by atoms with Gasteiger partial charge in [-0.3, -0.25) is 9.78 Å². The molecule has 1 aromatic carbocycles. The van der Waals surface area contributed by atoms with Crippen LogP contribution in [0, 0.1) is 5.92 Å². The maximum atomic E-state index is 13.0. The van der Waals surface area contributed by atoms with Gasteiger partial charge in [-0.15, -0.1) is 11.3 Å². The molecule has 3 aromatic rings.